The number of aryl methyl sites for hydroxylation is 1. The van der Waals surface area contributed by atoms with Crippen LogP contribution >= 0.6 is 11.8 Å². The lowest BCUT2D eigenvalue weighted by Crippen LogP contribution is -2.09. The van der Waals surface area contributed by atoms with E-state index in [0.717, 1.165) is 10.9 Å². The third kappa shape index (κ3) is 3.40. The second-order valence-electron chi connectivity index (χ2n) is 5.06. The first kappa shape index (κ1) is 16.1. The van der Waals surface area contributed by atoms with E-state index in [4.69, 9.17) is 10.8 Å². The fraction of sp³-hybridized carbons (Fsp3) is 0.200. The Bertz CT molecular complexity index is 895. The minimum Gasteiger partial charge on any atom is -0.478 e. The van der Waals surface area contributed by atoms with Crippen LogP contribution in [0.3, 0.4) is 0 Å². The molecule has 0 aliphatic heterocycles. The summed E-state index contributed by atoms with van der Waals surface area (Å²) < 4.78 is 1.95. The Labute approximate surface area is 142 Å². The molecule has 0 saturated carbocycles. The van der Waals surface area contributed by atoms with Gasteiger partial charge in [-0.25, -0.2) is 14.8 Å². The quantitative estimate of drug-likeness (QED) is 0.458. The number of carboxylic acids is 1. The Morgan fingerprint density at radius 1 is 1.42 bits per heavy atom. The summed E-state index contributed by atoms with van der Waals surface area (Å²) in [7, 11) is 1.94. The van der Waals surface area contributed by atoms with Crippen molar-refractivity contribution < 1.29 is 9.90 Å². The number of thioether (sulfide) groups is 1. The maximum absolute atomic E-state index is 11.1. The summed E-state index contributed by atoms with van der Waals surface area (Å²) in [6.45, 7) is 0.625. The molecule has 0 saturated heterocycles. The summed E-state index contributed by atoms with van der Waals surface area (Å²) in [6.07, 6.45) is 3.64. The van der Waals surface area contributed by atoms with Crippen molar-refractivity contribution in [1.82, 2.24) is 19.5 Å². The summed E-state index contributed by atoms with van der Waals surface area (Å²) in [5.41, 5.74) is 6.51. The van der Waals surface area contributed by atoms with Gasteiger partial charge in [0.2, 0.25) is 5.95 Å². The minimum atomic E-state index is -0.995. The zero-order chi connectivity index (χ0) is 17.1. The maximum Gasteiger partial charge on any atom is 0.335 e. The number of imidazole rings is 1. The van der Waals surface area contributed by atoms with Crippen molar-refractivity contribution in [3.8, 4) is 0 Å². The van der Waals surface area contributed by atoms with Crippen LogP contribution in [0.5, 0.6) is 0 Å². The second-order valence-corrected chi connectivity index (χ2v) is 6.13. The normalized spacial score (nSPS) is 10.9. The van der Waals surface area contributed by atoms with Gasteiger partial charge in [0, 0.05) is 37.1 Å². The molecule has 0 unspecified atom stereocenters. The second kappa shape index (κ2) is 6.75. The molecule has 3 rings (SSSR count). The van der Waals surface area contributed by atoms with E-state index in [9.17, 15) is 4.79 Å². The van der Waals surface area contributed by atoms with Crippen molar-refractivity contribution in [2.45, 2.75) is 5.16 Å². The van der Waals surface area contributed by atoms with Gasteiger partial charge in [0.25, 0.3) is 0 Å². The third-order valence-corrected chi connectivity index (χ3v) is 4.42. The number of carbonyl (C=O) groups is 1. The monoisotopic (exact) mass is 344 g/mol. The number of nitrogen functional groups attached to an aromatic ring is 1. The molecule has 0 radical (unpaired) electrons. The highest BCUT2D eigenvalue weighted by Crippen LogP contribution is 2.23. The van der Waals surface area contributed by atoms with Crippen LogP contribution in [-0.4, -0.2) is 42.9 Å². The van der Waals surface area contributed by atoms with E-state index in [2.05, 4.69) is 20.3 Å². The van der Waals surface area contributed by atoms with Gasteiger partial charge >= 0.3 is 5.97 Å². The molecule has 124 valence electrons. The predicted molar refractivity (Wildman–Crippen MR) is 93.3 cm³/mol. The largest absolute Gasteiger partial charge is 0.478 e. The smallest absolute Gasteiger partial charge is 0.335 e. The highest BCUT2D eigenvalue weighted by molar-refractivity contribution is 7.99. The molecule has 1 aromatic carbocycles. The van der Waals surface area contributed by atoms with Gasteiger partial charge in [-0.2, -0.15) is 4.98 Å². The Kier molecular flexibility index (Phi) is 4.52. The Morgan fingerprint density at radius 2 is 2.25 bits per heavy atom. The topological polar surface area (TPSA) is 119 Å². The molecular weight excluding hydrogens is 328 g/mol. The van der Waals surface area contributed by atoms with Crippen molar-refractivity contribution in [2.24, 2.45) is 7.05 Å². The number of hydrogen-bond acceptors (Lipinski definition) is 7. The molecule has 3 aromatic rings. The lowest BCUT2D eigenvalue weighted by Gasteiger charge is -2.10. The van der Waals surface area contributed by atoms with Crippen LogP contribution in [0, 0.1) is 0 Å². The molecule has 2 aromatic heterocycles. The van der Waals surface area contributed by atoms with Gasteiger partial charge in [0.1, 0.15) is 5.82 Å². The number of nitrogens with one attached hydrogen (secondary N) is 1. The molecule has 0 bridgehead atoms. The molecule has 8 nitrogen and oxygen atoms in total. The van der Waals surface area contributed by atoms with Crippen LogP contribution < -0.4 is 11.1 Å². The molecule has 24 heavy (non-hydrogen) atoms. The van der Waals surface area contributed by atoms with E-state index < -0.39 is 5.97 Å². The molecule has 0 amide bonds. The SMILES string of the molecule is Cn1ccnc1SCCNc1nc(N)nc2ccc(C(=O)O)cc12. The number of aromatic carboxylic acids is 1. The first-order chi connectivity index (χ1) is 11.5. The van der Waals surface area contributed by atoms with Crippen molar-refractivity contribution in [3.05, 3.63) is 36.2 Å². The number of hydrogen-bond donors (Lipinski definition) is 3. The number of fused-ring (bicyclic) bond motifs is 1. The van der Waals surface area contributed by atoms with Gasteiger partial charge in [0.05, 0.1) is 11.1 Å². The van der Waals surface area contributed by atoms with E-state index >= 15 is 0 Å². The predicted octanol–water partition coefficient (Wildman–Crippen LogP) is 1.85. The van der Waals surface area contributed by atoms with Crippen molar-refractivity contribution in [3.63, 3.8) is 0 Å². The average molecular weight is 344 g/mol. The van der Waals surface area contributed by atoms with E-state index in [1.165, 1.54) is 6.07 Å². The van der Waals surface area contributed by atoms with Crippen LogP contribution in [0.1, 0.15) is 10.4 Å². The van der Waals surface area contributed by atoms with Crippen LogP contribution in [0.25, 0.3) is 10.9 Å². The van der Waals surface area contributed by atoms with Crippen LogP contribution in [0.4, 0.5) is 11.8 Å². The van der Waals surface area contributed by atoms with Crippen molar-refractivity contribution in [2.75, 3.05) is 23.3 Å². The fourth-order valence-corrected chi connectivity index (χ4v) is 3.00. The van der Waals surface area contributed by atoms with Gasteiger partial charge in [-0.1, -0.05) is 11.8 Å². The molecule has 4 N–H and O–H groups in total. The van der Waals surface area contributed by atoms with Crippen LogP contribution in [-0.2, 0) is 7.05 Å². The van der Waals surface area contributed by atoms with Gasteiger partial charge in [-0.3, -0.25) is 0 Å². The minimum absolute atomic E-state index is 0.143. The van der Waals surface area contributed by atoms with E-state index in [-0.39, 0.29) is 11.5 Å². The van der Waals surface area contributed by atoms with Crippen molar-refractivity contribution in [1.29, 1.82) is 0 Å². The number of benzene rings is 1. The Morgan fingerprint density at radius 3 is 2.96 bits per heavy atom. The first-order valence-corrected chi connectivity index (χ1v) is 8.17. The van der Waals surface area contributed by atoms with Crippen LogP contribution in [0.2, 0.25) is 0 Å². The summed E-state index contributed by atoms with van der Waals surface area (Å²) >= 11 is 1.61. The molecule has 2 heterocycles. The summed E-state index contributed by atoms with van der Waals surface area (Å²) in [4.78, 5) is 23.7. The Balaban J connectivity index is 1.76. The van der Waals surface area contributed by atoms with Crippen molar-refractivity contribution >= 4 is 40.4 Å². The Hall–Kier alpha value is -2.81. The molecule has 0 spiro atoms. The third-order valence-electron chi connectivity index (χ3n) is 3.36. The number of carboxylic acid groups (broad SMARTS) is 1. The molecule has 0 aliphatic rings. The average Bonchev–Trinajstić information content (AvgIpc) is 2.96. The first-order valence-electron chi connectivity index (χ1n) is 7.19. The van der Waals surface area contributed by atoms with E-state index in [1.807, 2.05) is 17.8 Å². The highest BCUT2D eigenvalue weighted by atomic mass is 32.2. The van der Waals surface area contributed by atoms with E-state index in [0.29, 0.717) is 23.3 Å². The maximum atomic E-state index is 11.1. The number of rotatable bonds is 6. The van der Waals surface area contributed by atoms with E-state index in [1.54, 1.807) is 30.1 Å². The number of nitrogens with zero attached hydrogens (tertiary/aromatic N) is 4. The van der Waals surface area contributed by atoms with Gasteiger partial charge < -0.3 is 20.7 Å². The summed E-state index contributed by atoms with van der Waals surface area (Å²) in [6, 6.07) is 4.67. The zero-order valence-electron chi connectivity index (χ0n) is 12.9. The van der Waals surface area contributed by atoms with Crippen LogP contribution in [0.15, 0.2) is 35.7 Å². The zero-order valence-corrected chi connectivity index (χ0v) is 13.7. The number of nitrogens with two attached hydrogens (primary N) is 1. The van der Waals surface area contributed by atoms with Gasteiger partial charge in [-0.05, 0) is 18.2 Å². The molecule has 0 fully saturated rings. The summed E-state index contributed by atoms with van der Waals surface area (Å²) in [5.74, 6) is 0.449. The van der Waals surface area contributed by atoms with Gasteiger partial charge in [0.15, 0.2) is 5.16 Å². The van der Waals surface area contributed by atoms with Gasteiger partial charge in [-0.15, -0.1) is 0 Å². The lowest BCUT2D eigenvalue weighted by atomic mass is 10.1. The number of aromatic nitrogens is 4. The fourth-order valence-electron chi connectivity index (χ4n) is 2.22. The lowest BCUT2D eigenvalue weighted by molar-refractivity contribution is 0.0697. The standard InChI is InChI=1S/C15H16N6O2S/c1-21-6-4-18-15(21)24-7-5-17-12-10-8-9(13(22)23)2-3-11(10)19-14(16)20-12/h2-4,6,8H,5,7H2,1H3,(H,22,23)(H3,16,17,19,20). The summed E-state index contributed by atoms with van der Waals surface area (Å²) in [5, 5.41) is 13.9. The molecule has 9 heteroatoms. The molecule has 0 atom stereocenters. The number of anilines is 2. The molecular formula is C15H16N6O2S. The highest BCUT2D eigenvalue weighted by Gasteiger charge is 2.10. The molecule has 0 aliphatic carbocycles.